The van der Waals surface area contributed by atoms with Crippen LogP contribution in [0.4, 0.5) is 4.39 Å². The number of halogens is 1. The second kappa shape index (κ2) is 5.29. The summed E-state index contributed by atoms with van der Waals surface area (Å²) in [6.07, 6.45) is 0. The van der Waals surface area contributed by atoms with Crippen LogP contribution in [0.2, 0.25) is 0 Å². The Balaban J connectivity index is 2.21. The fourth-order valence-corrected chi connectivity index (χ4v) is 1.98. The summed E-state index contributed by atoms with van der Waals surface area (Å²) in [7, 11) is 1.67. The van der Waals surface area contributed by atoms with Gasteiger partial charge in [0.25, 0.3) is 0 Å². The number of aromatic nitrogens is 1. The molecule has 0 radical (unpaired) electrons. The minimum Gasteiger partial charge on any atom is -0.383 e. The molecule has 2 rings (SSSR count). The number of ether oxygens (including phenoxy) is 1. The molecule has 0 aliphatic carbocycles. The smallest absolute Gasteiger partial charge is 0.147 e. The average molecular weight is 236 g/mol. The Morgan fingerprint density at radius 1 is 1.41 bits per heavy atom. The fourth-order valence-electron chi connectivity index (χ4n) is 1.98. The first-order valence-electron chi connectivity index (χ1n) is 5.69. The monoisotopic (exact) mass is 236 g/mol. The number of rotatable bonds is 5. The summed E-state index contributed by atoms with van der Waals surface area (Å²) in [6, 6.07) is 5.15. The van der Waals surface area contributed by atoms with Gasteiger partial charge in [-0.25, -0.2) is 4.39 Å². The van der Waals surface area contributed by atoms with Crippen molar-refractivity contribution in [1.82, 2.24) is 10.3 Å². The van der Waals surface area contributed by atoms with E-state index in [9.17, 15) is 4.39 Å². The van der Waals surface area contributed by atoms with E-state index < -0.39 is 0 Å². The SMILES string of the molecule is COCCNCc1c(C)[nH]c2c(F)cccc12. The summed E-state index contributed by atoms with van der Waals surface area (Å²) in [5.41, 5.74) is 2.72. The number of para-hydroxylation sites is 1. The summed E-state index contributed by atoms with van der Waals surface area (Å²) in [5, 5.41) is 4.23. The van der Waals surface area contributed by atoms with Crippen LogP contribution in [0.3, 0.4) is 0 Å². The molecule has 2 N–H and O–H groups in total. The van der Waals surface area contributed by atoms with Gasteiger partial charge in [0, 0.05) is 31.3 Å². The van der Waals surface area contributed by atoms with Crippen molar-refractivity contribution in [3.8, 4) is 0 Å². The van der Waals surface area contributed by atoms with Crippen molar-refractivity contribution in [3.05, 3.63) is 35.3 Å². The zero-order chi connectivity index (χ0) is 12.3. The number of hydrogen-bond acceptors (Lipinski definition) is 2. The van der Waals surface area contributed by atoms with Gasteiger partial charge in [-0.05, 0) is 18.6 Å². The molecule has 0 bridgehead atoms. The molecule has 92 valence electrons. The van der Waals surface area contributed by atoms with Gasteiger partial charge in [0.1, 0.15) is 5.82 Å². The van der Waals surface area contributed by atoms with Crippen molar-refractivity contribution >= 4 is 10.9 Å². The van der Waals surface area contributed by atoms with Crippen LogP contribution in [0.25, 0.3) is 10.9 Å². The first-order chi connectivity index (χ1) is 8.24. The van der Waals surface area contributed by atoms with Gasteiger partial charge < -0.3 is 15.0 Å². The van der Waals surface area contributed by atoms with E-state index >= 15 is 0 Å². The van der Waals surface area contributed by atoms with Gasteiger partial charge in [0.15, 0.2) is 0 Å². The van der Waals surface area contributed by atoms with Gasteiger partial charge in [0.2, 0.25) is 0 Å². The minimum absolute atomic E-state index is 0.200. The van der Waals surface area contributed by atoms with E-state index in [-0.39, 0.29) is 5.82 Å². The van der Waals surface area contributed by atoms with Crippen LogP contribution < -0.4 is 5.32 Å². The molecule has 1 aromatic heterocycles. The zero-order valence-electron chi connectivity index (χ0n) is 10.1. The number of aryl methyl sites for hydroxylation is 1. The number of nitrogens with one attached hydrogen (secondary N) is 2. The normalized spacial score (nSPS) is 11.2. The summed E-state index contributed by atoms with van der Waals surface area (Å²) in [4.78, 5) is 3.09. The molecule has 2 aromatic rings. The van der Waals surface area contributed by atoms with Crippen molar-refractivity contribution in [1.29, 1.82) is 0 Å². The third-order valence-corrected chi connectivity index (χ3v) is 2.89. The number of methoxy groups -OCH3 is 1. The van der Waals surface area contributed by atoms with E-state index in [1.807, 2.05) is 13.0 Å². The van der Waals surface area contributed by atoms with Crippen LogP contribution in [0.1, 0.15) is 11.3 Å². The first-order valence-corrected chi connectivity index (χ1v) is 5.69. The van der Waals surface area contributed by atoms with Crippen molar-refractivity contribution in [2.45, 2.75) is 13.5 Å². The van der Waals surface area contributed by atoms with Crippen LogP contribution >= 0.6 is 0 Å². The number of H-pyrrole nitrogens is 1. The molecule has 0 saturated heterocycles. The van der Waals surface area contributed by atoms with Gasteiger partial charge >= 0.3 is 0 Å². The summed E-state index contributed by atoms with van der Waals surface area (Å²) >= 11 is 0. The van der Waals surface area contributed by atoms with Gasteiger partial charge in [-0.15, -0.1) is 0 Å². The lowest BCUT2D eigenvalue weighted by atomic mass is 10.1. The number of hydrogen-bond donors (Lipinski definition) is 2. The fraction of sp³-hybridized carbons (Fsp3) is 0.385. The molecule has 4 heteroatoms. The van der Waals surface area contributed by atoms with Gasteiger partial charge in [0.05, 0.1) is 12.1 Å². The Morgan fingerprint density at radius 3 is 3.00 bits per heavy atom. The van der Waals surface area contributed by atoms with E-state index in [2.05, 4.69) is 10.3 Å². The molecule has 0 amide bonds. The van der Waals surface area contributed by atoms with Crippen molar-refractivity contribution in [2.24, 2.45) is 0 Å². The molecule has 3 nitrogen and oxygen atoms in total. The van der Waals surface area contributed by atoms with Crippen LogP contribution in [0.15, 0.2) is 18.2 Å². The van der Waals surface area contributed by atoms with Crippen molar-refractivity contribution < 1.29 is 9.13 Å². The molecule has 0 atom stereocenters. The largest absolute Gasteiger partial charge is 0.383 e. The Labute approximate surface area is 100.0 Å². The lowest BCUT2D eigenvalue weighted by molar-refractivity contribution is 0.199. The Bertz CT molecular complexity index is 507. The van der Waals surface area contributed by atoms with E-state index in [0.29, 0.717) is 12.1 Å². The molecule has 0 unspecified atom stereocenters. The highest BCUT2D eigenvalue weighted by molar-refractivity contribution is 5.85. The Kier molecular flexibility index (Phi) is 3.76. The molecular formula is C13H17FN2O. The Hall–Kier alpha value is -1.39. The lowest BCUT2D eigenvalue weighted by Gasteiger charge is -2.04. The third kappa shape index (κ3) is 2.48. The molecule has 0 fully saturated rings. The molecule has 1 aromatic carbocycles. The molecule has 17 heavy (non-hydrogen) atoms. The topological polar surface area (TPSA) is 37.0 Å². The average Bonchev–Trinajstić information content (AvgIpc) is 2.63. The maximum Gasteiger partial charge on any atom is 0.147 e. The van der Waals surface area contributed by atoms with Crippen LogP contribution in [-0.4, -0.2) is 25.2 Å². The standard InChI is InChI=1S/C13H17FN2O/c1-9-11(8-15-6-7-17-2)10-4-3-5-12(14)13(10)16-9/h3-5,15-16H,6-8H2,1-2H3. The predicted octanol–water partition coefficient (Wildman–Crippen LogP) is 2.35. The maximum absolute atomic E-state index is 13.6. The molecule has 0 saturated carbocycles. The van der Waals surface area contributed by atoms with E-state index in [1.165, 1.54) is 6.07 Å². The summed E-state index contributed by atoms with van der Waals surface area (Å²) in [5.74, 6) is -0.200. The second-order valence-corrected chi connectivity index (χ2v) is 4.06. The Morgan fingerprint density at radius 2 is 2.24 bits per heavy atom. The highest BCUT2D eigenvalue weighted by atomic mass is 19.1. The van der Waals surface area contributed by atoms with Crippen LogP contribution in [0, 0.1) is 12.7 Å². The van der Waals surface area contributed by atoms with Gasteiger partial charge in [-0.2, -0.15) is 0 Å². The second-order valence-electron chi connectivity index (χ2n) is 4.06. The summed E-state index contributed by atoms with van der Waals surface area (Å²) in [6.45, 7) is 4.15. The number of fused-ring (bicyclic) bond motifs is 1. The zero-order valence-corrected chi connectivity index (χ0v) is 10.1. The third-order valence-electron chi connectivity index (χ3n) is 2.89. The molecular weight excluding hydrogens is 219 g/mol. The molecule has 0 aliphatic rings. The number of aromatic amines is 1. The molecule has 0 aliphatic heterocycles. The highest BCUT2D eigenvalue weighted by Gasteiger charge is 2.10. The van der Waals surface area contributed by atoms with E-state index in [4.69, 9.17) is 4.74 Å². The highest BCUT2D eigenvalue weighted by Crippen LogP contribution is 2.23. The van der Waals surface area contributed by atoms with E-state index in [0.717, 1.165) is 29.7 Å². The van der Waals surface area contributed by atoms with Gasteiger partial charge in [-0.1, -0.05) is 12.1 Å². The maximum atomic E-state index is 13.6. The van der Waals surface area contributed by atoms with E-state index in [1.54, 1.807) is 13.2 Å². The molecule has 0 spiro atoms. The minimum atomic E-state index is -0.200. The summed E-state index contributed by atoms with van der Waals surface area (Å²) < 4.78 is 18.5. The van der Waals surface area contributed by atoms with Crippen molar-refractivity contribution in [2.75, 3.05) is 20.3 Å². The first kappa shape index (κ1) is 12.1. The predicted molar refractivity (Wildman–Crippen MR) is 66.6 cm³/mol. The number of benzene rings is 1. The quantitative estimate of drug-likeness (QED) is 0.782. The molecule has 1 heterocycles. The van der Waals surface area contributed by atoms with Crippen molar-refractivity contribution in [3.63, 3.8) is 0 Å². The van der Waals surface area contributed by atoms with Gasteiger partial charge in [-0.3, -0.25) is 0 Å². The van der Waals surface area contributed by atoms with Crippen LogP contribution in [-0.2, 0) is 11.3 Å². The lowest BCUT2D eigenvalue weighted by Crippen LogP contribution is -2.18. The van der Waals surface area contributed by atoms with Crippen LogP contribution in [0.5, 0.6) is 0 Å².